The second kappa shape index (κ2) is 5.54. The van der Waals surface area contributed by atoms with Crippen molar-refractivity contribution < 1.29 is 0 Å². The fraction of sp³-hybridized carbons (Fsp3) is 0.0556. The molecule has 1 heterocycles. The van der Waals surface area contributed by atoms with Crippen molar-refractivity contribution in [3.8, 4) is 0 Å². The minimum Gasteiger partial charge on any atom is -0.384 e. The molecule has 0 unspecified atom stereocenters. The van der Waals surface area contributed by atoms with E-state index in [1.54, 1.807) is 0 Å². The van der Waals surface area contributed by atoms with Crippen LogP contribution in [0.3, 0.4) is 0 Å². The Hall–Kier alpha value is -2.39. The Balaban J connectivity index is 2.25. The van der Waals surface area contributed by atoms with E-state index in [0.29, 0.717) is 5.82 Å². The molecule has 0 aliphatic carbocycles. The minimum atomic E-state index is -2.10. The number of aromatic nitrogens is 1. The van der Waals surface area contributed by atoms with Gasteiger partial charge in [0, 0.05) is 5.32 Å². The molecule has 0 fully saturated rings. The lowest BCUT2D eigenvalue weighted by atomic mass is 10.4. The lowest BCUT2D eigenvalue weighted by Gasteiger charge is -2.28. The topological polar surface area (TPSA) is 38.9 Å². The summed E-state index contributed by atoms with van der Waals surface area (Å²) >= 11 is 0. The zero-order valence-corrected chi connectivity index (χ0v) is 13.0. The average molecular weight is 290 g/mol. The maximum atomic E-state index is 5.92. The number of hydrogen-bond donors (Lipinski definition) is 1. The molecule has 0 amide bonds. The van der Waals surface area contributed by atoms with Gasteiger partial charge in [0.2, 0.25) is 0 Å². The van der Waals surface area contributed by atoms with E-state index in [1.165, 1.54) is 10.4 Å². The number of hydrogen-bond acceptors (Lipinski definition) is 2. The molecule has 0 aliphatic heterocycles. The zero-order chi connectivity index (χ0) is 14.7. The van der Waals surface area contributed by atoms with E-state index in [2.05, 4.69) is 78.3 Å². The molecule has 2 N–H and O–H groups in total. The fourth-order valence-electron chi connectivity index (χ4n) is 2.74. The molecule has 2 aromatic carbocycles. The maximum Gasteiger partial charge on any atom is 0.168 e. The van der Waals surface area contributed by atoms with E-state index < -0.39 is 8.07 Å². The lowest BCUT2D eigenvalue weighted by molar-refractivity contribution is 1.38. The molecule has 2 nitrogen and oxygen atoms in total. The van der Waals surface area contributed by atoms with Crippen LogP contribution in [0.25, 0.3) is 0 Å². The molecule has 1 aromatic heterocycles. The van der Waals surface area contributed by atoms with Gasteiger partial charge in [-0.1, -0.05) is 73.3 Å². The normalized spacial score (nSPS) is 11.3. The Morgan fingerprint density at radius 1 is 0.714 bits per heavy atom. The van der Waals surface area contributed by atoms with Crippen LogP contribution in [0.15, 0.2) is 78.9 Å². The first-order chi connectivity index (χ1) is 10.2. The van der Waals surface area contributed by atoms with Crippen molar-refractivity contribution in [2.75, 3.05) is 5.73 Å². The summed E-state index contributed by atoms with van der Waals surface area (Å²) in [5, 5.41) is 3.78. The van der Waals surface area contributed by atoms with E-state index in [0.717, 1.165) is 5.32 Å². The van der Waals surface area contributed by atoms with Gasteiger partial charge in [-0.3, -0.25) is 0 Å². The molecule has 3 aromatic rings. The molecule has 21 heavy (non-hydrogen) atoms. The summed E-state index contributed by atoms with van der Waals surface area (Å²) in [6.07, 6.45) is 0. The van der Waals surface area contributed by atoms with E-state index >= 15 is 0 Å². The Bertz CT molecular complexity index is 687. The number of nitrogen functional groups attached to an aromatic ring is 1. The summed E-state index contributed by atoms with van der Waals surface area (Å²) < 4.78 is 0. The Morgan fingerprint density at radius 3 is 1.71 bits per heavy atom. The van der Waals surface area contributed by atoms with E-state index in [-0.39, 0.29) is 0 Å². The minimum absolute atomic E-state index is 0.582. The molecular weight excluding hydrogens is 272 g/mol. The molecule has 3 rings (SSSR count). The number of anilines is 1. The quantitative estimate of drug-likeness (QED) is 0.747. The van der Waals surface area contributed by atoms with Gasteiger partial charge in [0.15, 0.2) is 8.07 Å². The SMILES string of the molecule is C[Si](c1ccccc1)(c1ccccc1)c1cccc(N)n1. The third-order valence-corrected chi connectivity index (χ3v) is 8.26. The molecule has 0 saturated carbocycles. The molecule has 0 radical (unpaired) electrons. The second-order valence-electron chi connectivity index (χ2n) is 5.30. The molecule has 0 spiro atoms. The van der Waals surface area contributed by atoms with E-state index in [9.17, 15) is 0 Å². The van der Waals surface area contributed by atoms with Gasteiger partial charge in [-0.25, -0.2) is 4.98 Å². The van der Waals surface area contributed by atoms with Crippen LogP contribution in [0.5, 0.6) is 0 Å². The van der Waals surface area contributed by atoms with Crippen LogP contribution in [0.4, 0.5) is 5.82 Å². The number of pyridine rings is 1. The molecular formula is C18H18N2Si. The zero-order valence-electron chi connectivity index (χ0n) is 12.0. The third-order valence-electron chi connectivity index (χ3n) is 3.99. The van der Waals surface area contributed by atoms with Gasteiger partial charge in [-0.2, -0.15) is 0 Å². The van der Waals surface area contributed by atoms with Crippen LogP contribution in [0.2, 0.25) is 6.55 Å². The largest absolute Gasteiger partial charge is 0.384 e. The summed E-state index contributed by atoms with van der Waals surface area (Å²) in [4.78, 5) is 4.64. The van der Waals surface area contributed by atoms with E-state index in [1.807, 2.05) is 12.1 Å². The highest BCUT2D eigenvalue weighted by atomic mass is 28.3. The van der Waals surface area contributed by atoms with Gasteiger partial charge in [-0.15, -0.1) is 0 Å². The van der Waals surface area contributed by atoms with Crippen molar-refractivity contribution in [3.63, 3.8) is 0 Å². The predicted molar refractivity (Wildman–Crippen MR) is 92.1 cm³/mol. The molecule has 0 atom stereocenters. The fourth-order valence-corrected chi connectivity index (χ4v) is 6.16. The van der Waals surface area contributed by atoms with Crippen molar-refractivity contribution in [3.05, 3.63) is 78.9 Å². The van der Waals surface area contributed by atoms with Crippen LogP contribution in [0.1, 0.15) is 0 Å². The van der Waals surface area contributed by atoms with Crippen LogP contribution in [-0.2, 0) is 0 Å². The Labute approximate surface area is 126 Å². The first-order valence-corrected chi connectivity index (χ1v) is 9.55. The number of nitrogens with zero attached hydrogens (tertiary/aromatic N) is 1. The number of benzene rings is 2. The smallest absolute Gasteiger partial charge is 0.168 e. The molecule has 0 aliphatic rings. The standard InChI is InChI=1S/C18H18N2Si/c1-21(15-9-4-2-5-10-15,16-11-6-3-7-12-16)18-14-8-13-17(19)20-18/h2-14H,1H3,(H2,19,20). The number of rotatable bonds is 3. The lowest BCUT2D eigenvalue weighted by Crippen LogP contribution is -2.65. The number of nitrogens with two attached hydrogens (primary N) is 1. The third kappa shape index (κ3) is 2.48. The van der Waals surface area contributed by atoms with Crippen molar-refractivity contribution in [2.45, 2.75) is 6.55 Å². The summed E-state index contributed by atoms with van der Waals surface area (Å²) in [7, 11) is -2.10. The van der Waals surface area contributed by atoms with Crippen molar-refractivity contribution in [2.24, 2.45) is 0 Å². The molecule has 0 saturated heterocycles. The average Bonchev–Trinajstić information content (AvgIpc) is 2.56. The summed E-state index contributed by atoms with van der Waals surface area (Å²) in [5.74, 6) is 0.582. The molecule has 0 bridgehead atoms. The van der Waals surface area contributed by atoms with Gasteiger partial charge < -0.3 is 5.73 Å². The first-order valence-electron chi connectivity index (χ1n) is 7.05. The first kappa shape index (κ1) is 13.6. The summed E-state index contributed by atoms with van der Waals surface area (Å²) in [5.41, 5.74) is 5.92. The van der Waals surface area contributed by atoms with Gasteiger partial charge in [0.1, 0.15) is 5.82 Å². The van der Waals surface area contributed by atoms with Gasteiger partial charge in [-0.05, 0) is 22.5 Å². The Morgan fingerprint density at radius 2 is 1.24 bits per heavy atom. The second-order valence-corrected chi connectivity index (χ2v) is 9.22. The maximum absolute atomic E-state index is 5.92. The van der Waals surface area contributed by atoms with Crippen LogP contribution in [-0.4, -0.2) is 13.1 Å². The van der Waals surface area contributed by atoms with Crippen molar-refractivity contribution >= 4 is 29.6 Å². The van der Waals surface area contributed by atoms with Crippen molar-refractivity contribution in [1.29, 1.82) is 0 Å². The molecule has 3 heteroatoms. The van der Waals surface area contributed by atoms with Crippen LogP contribution < -0.4 is 21.4 Å². The van der Waals surface area contributed by atoms with Crippen LogP contribution >= 0.6 is 0 Å². The van der Waals surface area contributed by atoms with Gasteiger partial charge >= 0.3 is 0 Å². The predicted octanol–water partition coefficient (Wildman–Crippen LogP) is 1.76. The van der Waals surface area contributed by atoms with Gasteiger partial charge in [0.05, 0.1) is 0 Å². The highest BCUT2D eigenvalue weighted by Gasteiger charge is 2.35. The van der Waals surface area contributed by atoms with Crippen LogP contribution in [0, 0.1) is 0 Å². The molecule has 104 valence electrons. The highest BCUT2D eigenvalue weighted by molar-refractivity contribution is 7.10. The summed E-state index contributed by atoms with van der Waals surface area (Å²) in [6.45, 7) is 2.33. The summed E-state index contributed by atoms with van der Waals surface area (Å²) in [6, 6.07) is 27.2. The van der Waals surface area contributed by atoms with Crippen molar-refractivity contribution in [1.82, 2.24) is 4.98 Å². The monoisotopic (exact) mass is 290 g/mol. The Kier molecular flexibility index (Phi) is 3.58. The van der Waals surface area contributed by atoms with Gasteiger partial charge in [0.25, 0.3) is 0 Å². The highest BCUT2D eigenvalue weighted by Crippen LogP contribution is 2.07. The van der Waals surface area contributed by atoms with E-state index in [4.69, 9.17) is 5.73 Å².